The molecule has 1 spiro atoms. The van der Waals surface area contributed by atoms with E-state index in [1.54, 1.807) is 5.92 Å². The number of hydrogen-bond acceptors (Lipinski definition) is 2. The average Bonchev–Trinajstić information content (AvgIpc) is 2.24. The van der Waals surface area contributed by atoms with Gasteiger partial charge in [-0.05, 0) is 35.4 Å². The van der Waals surface area contributed by atoms with Crippen LogP contribution in [0.15, 0.2) is 0 Å². The molecule has 1 heterocycles. The Bertz CT molecular complexity index is 238. The van der Waals surface area contributed by atoms with Crippen LogP contribution in [0, 0.1) is 11.8 Å². The number of ether oxygens (including phenoxy) is 2. The molecule has 2 aliphatic carbocycles. The van der Waals surface area contributed by atoms with Gasteiger partial charge in [-0.25, -0.2) is 0 Å². The lowest BCUT2D eigenvalue weighted by Crippen LogP contribution is -2.57. The predicted octanol–water partition coefficient (Wildman–Crippen LogP) is 3.09. The van der Waals surface area contributed by atoms with Crippen LogP contribution in [0.4, 0.5) is 0 Å². The summed E-state index contributed by atoms with van der Waals surface area (Å²) in [5.74, 6) is 2.09. The zero-order valence-corrected chi connectivity index (χ0v) is 11.2. The third kappa shape index (κ3) is 1.80. The second-order valence-corrected chi connectivity index (χ2v) is 5.80. The molecule has 0 amide bonds. The van der Waals surface area contributed by atoms with Crippen molar-refractivity contribution in [1.29, 1.82) is 0 Å². The maximum Gasteiger partial charge on any atom is 0.169 e. The van der Waals surface area contributed by atoms with Gasteiger partial charge in [0.25, 0.3) is 0 Å². The highest BCUT2D eigenvalue weighted by molar-refractivity contribution is 14.1. The van der Waals surface area contributed by atoms with Crippen LogP contribution >= 0.6 is 22.6 Å². The van der Waals surface area contributed by atoms with Crippen molar-refractivity contribution in [2.75, 3.05) is 11.0 Å². The molecule has 0 radical (unpaired) electrons. The number of rotatable bonds is 1. The molecular weight excluding hydrogens is 303 g/mol. The summed E-state index contributed by atoms with van der Waals surface area (Å²) in [5, 5.41) is 0. The van der Waals surface area contributed by atoms with E-state index in [-0.39, 0.29) is 5.79 Å². The first kappa shape index (κ1) is 10.7. The van der Waals surface area contributed by atoms with Crippen molar-refractivity contribution < 1.29 is 9.47 Å². The molecule has 1 aliphatic heterocycles. The number of fused-ring (bicyclic) bond motifs is 1. The summed E-state index contributed by atoms with van der Waals surface area (Å²) in [5.41, 5.74) is 0. The van der Waals surface area contributed by atoms with Crippen molar-refractivity contribution in [2.24, 2.45) is 5.92 Å². The third-order valence-corrected chi connectivity index (χ3v) is 5.10. The first-order valence-electron chi connectivity index (χ1n) is 6.05. The first-order valence-corrected chi connectivity index (χ1v) is 7.58. The summed E-state index contributed by atoms with van der Waals surface area (Å²) in [6.07, 6.45) is 7.83. The van der Waals surface area contributed by atoms with Crippen molar-refractivity contribution in [3.8, 4) is 0 Å². The Morgan fingerprint density at radius 3 is 2.73 bits per heavy atom. The minimum atomic E-state index is -0.170. The average molecular weight is 321 g/mol. The zero-order chi connectivity index (χ0) is 10.3. The van der Waals surface area contributed by atoms with Crippen molar-refractivity contribution in [2.45, 2.75) is 50.4 Å². The second-order valence-electron chi connectivity index (χ2n) is 5.04. The van der Waals surface area contributed by atoms with Crippen LogP contribution in [0.5, 0.6) is 0 Å². The number of alkyl halides is 1. The summed E-state index contributed by atoms with van der Waals surface area (Å²) in [6, 6.07) is 0. The van der Waals surface area contributed by atoms with Crippen LogP contribution in [0.25, 0.3) is 0 Å². The Labute approximate surface area is 105 Å². The van der Waals surface area contributed by atoms with Gasteiger partial charge < -0.3 is 9.47 Å². The van der Waals surface area contributed by atoms with Crippen LogP contribution in [0.1, 0.15) is 38.5 Å². The SMILES string of the molecule is IC[C+]1C[C@@H]2OC3(CCCCC3)OC[C@H]12. The summed E-state index contributed by atoms with van der Waals surface area (Å²) in [4.78, 5) is 0. The molecule has 2 atom stereocenters. The molecule has 15 heavy (non-hydrogen) atoms. The lowest BCUT2D eigenvalue weighted by molar-refractivity contribution is -0.334. The maximum atomic E-state index is 6.20. The van der Waals surface area contributed by atoms with Gasteiger partial charge in [-0.1, -0.05) is 6.42 Å². The van der Waals surface area contributed by atoms with Gasteiger partial charge in [0, 0.05) is 12.8 Å². The highest BCUT2D eigenvalue weighted by atomic mass is 127. The molecular formula is C12H18IO2+. The summed E-state index contributed by atoms with van der Waals surface area (Å²) >= 11 is 2.45. The van der Waals surface area contributed by atoms with Crippen molar-refractivity contribution in [1.82, 2.24) is 0 Å². The summed E-state index contributed by atoms with van der Waals surface area (Å²) in [6.45, 7) is 0.920. The topological polar surface area (TPSA) is 18.5 Å². The fourth-order valence-corrected chi connectivity index (χ4v) is 3.94. The maximum absolute atomic E-state index is 6.20. The Kier molecular flexibility index (Phi) is 2.90. The van der Waals surface area contributed by atoms with E-state index in [9.17, 15) is 0 Å². The van der Waals surface area contributed by atoms with Gasteiger partial charge in [0.2, 0.25) is 0 Å². The molecule has 0 aromatic rings. The highest BCUT2D eigenvalue weighted by Gasteiger charge is 2.58. The van der Waals surface area contributed by atoms with Gasteiger partial charge in [-0.15, -0.1) is 0 Å². The summed E-state index contributed by atoms with van der Waals surface area (Å²) in [7, 11) is 0. The van der Waals surface area contributed by atoms with E-state index in [4.69, 9.17) is 9.47 Å². The second kappa shape index (κ2) is 4.08. The molecule has 3 fully saturated rings. The third-order valence-electron chi connectivity index (χ3n) is 4.12. The van der Waals surface area contributed by atoms with Crippen LogP contribution in [0.2, 0.25) is 0 Å². The molecule has 3 aliphatic rings. The van der Waals surface area contributed by atoms with Crippen molar-refractivity contribution >= 4 is 22.6 Å². The largest absolute Gasteiger partial charge is 0.345 e. The molecule has 0 bridgehead atoms. The smallest absolute Gasteiger partial charge is 0.169 e. The zero-order valence-electron chi connectivity index (χ0n) is 9.01. The minimum absolute atomic E-state index is 0.170. The lowest BCUT2D eigenvalue weighted by atomic mass is 9.71. The lowest BCUT2D eigenvalue weighted by Gasteiger charge is -2.48. The van der Waals surface area contributed by atoms with Crippen molar-refractivity contribution in [3.63, 3.8) is 0 Å². The normalized spacial score (nSPS) is 38.6. The minimum Gasteiger partial charge on any atom is -0.345 e. The fraction of sp³-hybridized carbons (Fsp3) is 0.917. The van der Waals surface area contributed by atoms with Crippen LogP contribution in [0.3, 0.4) is 0 Å². The first-order chi connectivity index (χ1) is 7.33. The standard InChI is InChI=1S/C12H18IO2/c13-7-9-6-11-10(9)8-14-12(15-11)4-2-1-3-5-12/h10-11H,1-8H2/q+1/t10-,11+/m1/s1. The van der Waals surface area contributed by atoms with E-state index in [2.05, 4.69) is 22.6 Å². The summed E-state index contributed by atoms with van der Waals surface area (Å²) < 4.78 is 13.4. The Morgan fingerprint density at radius 1 is 1.27 bits per heavy atom. The molecule has 1 saturated heterocycles. The molecule has 84 valence electrons. The Morgan fingerprint density at radius 2 is 2.07 bits per heavy atom. The van der Waals surface area contributed by atoms with Crippen LogP contribution in [-0.2, 0) is 9.47 Å². The quantitative estimate of drug-likeness (QED) is 0.420. The Hall–Kier alpha value is 0.520. The van der Waals surface area contributed by atoms with Gasteiger partial charge in [-0.2, -0.15) is 0 Å². The molecule has 0 aromatic carbocycles. The molecule has 3 rings (SSSR count). The van der Waals surface area contributed by atoms with Gasteiger partial charge in [0.1, 0.15) is 22.9 Å². The number of hydrogen-bond donors (Lipinski definition) is 0. The van der Waals surface area contributed by atoms with E-state index >= 15 is 0 Å². The van der Waals surface area contributed by atoms with E-state index in [1.165, 1.54) is 30.1 Å². The van der Waals surface area contributed by atoms with E-state index < -0.39 is 0 Å². The van der Waals surface area contributed by atoms with Gasteiger partial charge >= 0.3 is 0 Å². The van der Waals surface area contributed by atoms with Gasteiger partial charge in [0.05, 0.1) is 6.61 Å². The molecule has 2 nitrogen and oxygen atoms in total. The molecule has 0 N–H and O–H groups in total. The van der Waals surface area contributed by atoms with E-state index in [0.717, 1.165) is 19.4 Å². The molecule has 3 heteroatoms. The van der Waals surface area contributed by atoms with Crippen LogP contribution in [-0.4, -0.2) is 22.9 Å². The highest BCUT2D eigenvalue weighted by Crippen LogP contribution is 2.49. The van der Waals surface area contributed by atoms with Gasteiger partial charge in [0.15, 0.2) is 11.7 Å². The molecule has 0 aromatic heterocycles. The monoisotopic (exact) mass is 321 g/mol. The molecule has 2 saturated carbocycles. The predicted molar refractivity (Wildman–Crippen MR) is 66.9 cm³/mol. The van der Waals surface area contributed by atoms with Gasteiger partial charge in [-0.3, -0.25) is 0 Å². The Balaban J connectivity index is 1.63. The van der Waals surface area contributed by atoms with Crippen LogP contribution < -0.4 is 0 Å². The van der Waals surface area contributed by atoms with E-state index in [1.807, 2.05) is 0 Å². The fourth-order valence-electron chi connectivity index (χ4n) is 3.06. The van der Waals surface area contributed by atoms with Crippen molar-refractivity contribution in [3.05, 3.63) is 5.92 Å². The molecule has 0 unspecified atom stereocenters. The number of halogens is 1. The van der Waals surface area contributed by atoms with E-state index in [0.29, 0.717) is 12.0 Å².